The number of aromatic hydroxyl groups is 1. The number of fused-ring (bicyclic) bond motifs is 7. The lowest BCUT2D eigenvalue weighted by molar-refractivity contribution is -0.168. The molecule has 11 heteroatoms. The minimum atomic E-state index is -1.34. The maximum absolute atomic E-state index is 14.2. The summed E-state index contributed by atoms with van der Waals surface area (Å²) in [4.78, 5) is 17.7. The Bertz CT molecular complexity index is 1340. The van der Waals surface area contributed by atoms with E-state index in [-0.39, 0.29) is 28.7 Å². The topological polar surface area (TPSA) is 130 Å². The van der Waals surface area contributed by atoms with Gasteiger partial charge in [0, 0.05) is 39.8 Å². The summed E-state index contributed by atoms with van der Waals surface area (Å²) in [7, 11) is 9.41. The summed E-state index contributed by atoms with van der Waals surface area (Å²) in [5.41, 5.74) is 3.18. The average Bonchev–Trinajstić information content (AvgIpc) is 2.92. The third-order valence-electron chi connectivity index (χ3n) is 8.71. The fourth-order valence-electron chi connectivity index (χ4n) is 7.11. The predicted octanol–water partition coefficient (Wildman–Crippen LogP) is 1.94. The number of methoxy groups -OCH3 is 5. The van der Waals surface area contributed by atoms with Crippen LogP contribution in [0.3, 0.4) is 0 Å². The van der Waals surface area contributed by atoms with Crippen molar-refractivity contribution in [3.8, 4) is 34.5 Å². The van der Waals surface area contributed by atoms with Gasteiger partial charge in [-0.3, -0.25) is 9.69 Å². The molecule has 0 aliphatic carbocycles. The van der Waals surface area contributed by atoms with Crippen LogP contribution in [0.4, 0.5) is 0 Å². The number of hydrogen-bond donors (Lipinski definition) is 3. The monoisotopic (exact) mass is 544 g/mol. The summed E-state index contributed by atoms with van der Waals surface area (Å²) in [5, 5.41) is 34.1. The molecule has 0 radical (unpaired) electrons. The summed E-state index contributed by atoms with van der Waals surface area (Å²) in [6.45, 7) is 3.07. The van der Waals surface area contributed by atoms with Gasteiger partial charge in [-0.2, -0.15) is 0 Å². The van der Waals surface area contributed by atoms with Gasteiger partial charge in [0.25, 0.3) is 0 Å². The number of benzene rings is 2. The largest absolute Gasteiger partial charge is 0.507 e. The number of amides is 1. The number of carbonyl (C=O) groups is 1. The Morgan fingerprint density at radius 1 is 0.821 bits per heavy atom. The van der Waals surface area contributed by atoms with Crippen molar-refractivity contribution in [1.82, 2.24) is 9.80 Å². The molecule has 2 bridgehead atoms. The minimum absolute atomic E-state index is 0.174. The highest BCUT2D eigenvalue weighted by atomic mass is 16.5. The van der Waals surface area contributed by atoms with E-state index in [4.69, 9.17) is 23.7 Å². The zero-order chi connectivity index (χ0) is 28.5. The number of aliphatic hydroxyl groups is 2. The highest BCUT2D eigenvalue weighted by molar-refractivity contribution is 5.87. The molecule has 3 heterocycles. The van der Waals surface area contributed by atoms with Crippen molar-refractivity contribution in [3.63, 3.8) is 0 Å². The minimum Gasteiger partial charge on any atom is -0.507 e. The second-order valence-electron chi connectivity index (χ2n) is 10.2. The van der Waals surface area contributed by atoms with Crippen LogP contribution in [0.2, 0.25) is 0 Å². The van der Waals surface area contributed by atoms with E-state index < -0.39 is 36.9 Å². The lowest BCUT2D eigenvalue weighted by Crippen LogP contribution is -2.67. The van der Waals surface area contributed by atoms with Gasteiger partial charge in [0.15, 0.2) is 23.0 Å². The Morgan fingerprint density at radius 2 is 1.36 bits per heavy atom. The van der Waals surface area contributed by atoms with Gasteiger partial charge in [0.2, 0.25) is 5.91 Å². The predicted molar refractivity (Wildman–Crippen MR) is 140 cm³/mol. The van der Waals surface area contributed by atoms with Crippen LogP contribution in [0, 0.1) is 13.8 Å². The van der Waals surface area contributed by atoms with Gasteiger partial charge in [-0.25, -0.2) is 0 Å². The average molecular weight is 545 g/mol. The van der Waals surface area contributed by atoms with E-state index in [0.717, 1.165) is 16.7 Å². The third-order valence-corrected chi connectivity index (χ3v) is 8.71. The molecule has 11 nitrogen and oxygen atoms in total. The van der Waals surface area contributed by atoms with Gasteiger partial charge in [-0.1, -0.05) is 0 Å². The van der Waals surface area contributed by atoms with E-state index >= 15 is 0 Å². The number of nitrogens with zero attached hydrogens (tertiary/aromatic N) is 2. The summed E-state index contributed by atoms with van der Waals surface area (Å²) in [6, 6.07) is -2.98. The fraction of sp³-hybridized carbons (Fsp3) is 0.536. The van der Waals surface area contributed by atoms with Crippen molar-refractivity contribution >= 4 is 5.91 Å². The maximum atomic E-state index is 14.2. The number of rotatable bonds is 6. The molecule has 1 saturated heterocycles. The molecule has 3 N–H and O–H groups in total. The molecule has 5 atom stereocenters. The van der Waals surface area contributed by atoms with Crippen LogP contribution >= 0.6 is 0 Å². The van der Waals surface area contributed by atoms with Crippen molar-refractivity contribution in [1.29, 1.82) is 0 Å². The van der Waals surface area contributed by atoms with E-state index in [9.17, 15) is 20.1 Å². The Hall–Kier alpha value is -3.41. The molecule has 3 aliphatic rings. The van der Waals surface area contributed by atoms with Crippen LogP contribution in [-0.4, -0.2) is 92.3 Å². The smallest absolute Gasteiger partial charge is 0.241 e. The molecule has 0 aromatic heterocycles. The summed E-state index contributed by atoms with van der Waals surface area (Å²) < 4.78 is 28.7. The van der Waals surface area contributed by atoms with Crippen molar-refractivity contribution < 1.29 is 43.8 Å². The number of aliphatic hydroxyl groups excluding tert-OH is 2. The highest BCUT2D eigenvalue weighted by Crippen LogP contribution is 2.60. The van der Waals surface area contributed by atoms with Gasteiger partial charge < -0.3 is 43.9 Å². The number of carbonyl (C=O) groups excluding carboxylic acids is 1. The number of piperazine rings is 1. The first-order valence-electron chi connectivity index (χ1n) is 12.8. The lowest BCUT2D eigenvalue weighted by Gasteiger charge is -2.58. The first kappa shape index (κ1) is 27.2. The van der Waals surface area contributed by atoms with Gasteiger partial charge in [0.1, 0.15) is 17.6 Å². The van der Waals surface area contributed by atoms with Gasteiger partial charge >= 0.3 is 0 Å². The van der Waals surface area contributed by atoms with E-state index in [2.05, 4.69) is 0 Å². The Labute approximate surface area is 227 Å². The van der Waals surface area contributed by atoms with Crippen LogP contribution in [0.15, 0.2) is 0 Å². The second-order valence-corrected chi connectivity index (χ2v) is 10.2. The third kappa shape index (κ3) is 3.36. The summed E-state index contributed by atoms with van der Waals surface area (Å²) in [5.74, 6) is 1.68. The van der Waals surface area contributed by atoms with Crippen molar-refractivity contribution in [2.24, 2.45) is 0 Å². The molecule has 3 aliphatic heterocycles. The summed E-state index contributed by atoms with van der Waals surface area (Å²) >= 11 is 0. The van der Waals surface area contributed by atoms with Gasteiger partial charge in [-0.15, -0.1) is 0 Å². The first-order valence-corrected chi connectivity index (χ1v) is 12.8. The van der Waals surface area contributed by atoms with Gasteiger partial charge in [0.05, 0.1) is 66.3 Å². The van der Waals surface area contributed by atoms with Crippen molar-refractivity contribution in [2.45, 2.75) is 50.5 Å². The zero-order valence-electron chi connectivity index (χ0n) is 23.5. The normalized spacial score (nSPS) is 25.4. The molecule has 2 aromatic carbocycles. The first-order chi connectivity index (χ1) is 18.6. The molecule has 0 saturated carbocycles. The lowest BCUT2D eigenvalue weighted by atomic mass is 9.72. The van der Waals surface area contributed by atoms with Crippen LogP contribution in [0.25, 0.3) is 0 Å². The molecule has 4 unspecified atom stereocenters. The van der Waals surface area contributed by atoms with Crippen LogP contribution in [0.5, 0.6) is 34.5 Å². The number of hydrogen-bond acceptors (Lipinski definition) is 10. The Kier molecular flexibility index (Phi) is 6.72. The quantitative estimate of drug-likeness (QED) is 0.496. The SMILES string of the molecule is COc1c(C)c(OC)c(OC)c2c1CC1C(=O)N3C(C(O)c4c(O)c(C)c(OC)c(OC)c4[C@@H]3CO)C2N1C. The molecule has 1 fully saturated rings. The molecule has 1 amide bonds. The van der Waals surface area contributed by atoms with Gasteiger partial charge in [-0.05, 0) is 20.9 Å². The van der Waals surface area contributed by atoms with Crippen LogP contribution < -0.4 is 23.7 Å². The fourth-order valence-corrected chi connectivity index (χ4v) is 7.11. The number of phenolic OH excluding ortho intramolecular Hbond substituents is 1. The van der Waals surface area contributed by atoms with Crippen LogP contribution in [-0.2, 0) is 11.2 Å². The number of likely N-dealkylation sites (N-methyl/N-ethyl adjacent to an activating group) is 1. The number of ether oxygens (including phenoxy) is 5. The van der Waals surface area contributed by atoms with Crippen molar-refractivity contribution in [2.75, 3.05) is 49.2 Å². The van der Waals surface area contributed by atoms with Crippen molar-refractivity contribution in [3.05, 3.63) is 33.4 Å². The molecule has 39 heavy (non-hydrogen) atoms. The molecule has 0 spiro atoms. The summed E-state index contributed by atoms with van der Waals surface area (Å²) in [6.07, 6.45) is -1.01. The Morgan fingerprint density at radius 3 is 1.90 bits per heavy atom. The zero-order valence-corrected chi connectivity index (χ0v) is 23.5. The van der Waals surface area contributed by atoms with E-state index in [1.54, 1.807) is 33.2 Å². The van der Waals surface area contributed by atoms with E-state index in [1.807, 2.05) is 18.9 Å². The molecule has 2 aromatic rings. The molecular formula is C28H36N2O9. The molecule has 5 rings (SSSR count). The molecular weight excluding hydrogens is 508 g/mol. The standard InChI is InChI=1S/C28H36N2O9/c1-11-21(32)18-17(27(39-8)24(11)36-5)15(10-31)30-20(22(18)33)19-16-13(9-14(28(30)34)29(19)3)23(35-4)12(2)25(37-6)26(16)38-7/h14-15,19-20,22,31-33H,9-10H2,1-8H3/t14?,15-,19?,20?,22?/m0/s1. The highest BCUT2D eigenvalue weighted by Gasteiger charge is 2.59. The second kappa shape index (κ2) is 9.65. The molecule has 212 valence electrons. The van der Waals surface area contributed by atoms with E-state index in [0.29, 0.717) is 34.8 Å². The number of phenols is 1. The van der Waals surface area contributed by atoms with Crippen LogP contribution in [0.1, 0.15) is 51.6 Å². The Balaban J connectivity index is 1.86. The van der Waals surface area contributed by atoms with E-state index in [1.165, 1.54) is 14.2 Å². The maximum Gasteiger partial charge on any atom is 0.241 e.